The number of hydrogen-bond acceptors (Lipinski definition) is 2. The standard InChI is InChI=1S/C13H12O2/c1-8-6-9(14)7-11-10-4-2-3-5-12(10)15-13(8)11/h2-5,8H,6-7H2,1H3. The highest BCUT2D eigenvalue weighted by Crippen LogP contribution is 2.36. The summed E-state index contributed by atoms with van der Waals surface area (Å²) < 4.78 is 5.80. The average Bonchev–Trinajstić information content (AvgIpc) is 2.57. The van der Waals surface area contributed by atoms with Gasteiger partial charge in [-0.25, -0.2) is 0 Å². The first kappa shape index (κ1) is 8.72. The molecule has 3 rings (SSSR count). The number of Topliss-reactive ketones (excluding diaryl/α,β-unsaturated/α-hetero) is 1. The molecule has 0 radical (unpaired) electrons. The van der Waals surface area contributed by atoms with Gasteiger partial charge in [0.1, 0.15) is 17.1 Å². The van der Waals surface area contributed by atoms with Crippen molar-refractivity contribution in [1.29, 1.82) is 0 Å². The minimum absolute atomic E-state index is 0.230. The van der Waals surface area contributed by atoms with Crippen LogP contribution in [0.1, 0.15) is 30.6 Å². The fourth-order valence-corrected chi connectivity index (χ4v) is 2.40. The number of hydrogen-bond donors (Lipinski definition) is 0. The summed E-state index contributed by atoms with van der Waals surface area (Å²) in [6.45, 7) is 2.05. The Kier molecular flexibility index (Phi) is 1.72. The Bertz CT molecular complexity index is 536. The number of para-hydroxylation sites is 1. The minimum Gasteiger partial charge on any atom is -0.460 e. The summed E-state index contributed by atoms with van der Waals surface area (Å²) in [5.41, 5.74) is 2.01. The van der Waals surface area contributed by atoms with Crippen molar-refractivity contribution in [2.45, 2.75) is 25.7 Å². The Morgan fingerprint density at radius 3 is 3.00 bits per heavy atom. The van der Waals surface area contributed by atoms with E-state index in [1.54, 1.807) is 0 Å². The topological polar surface area (TPSA) is 30.2 Å². The smallest absolute Gasteiger partial charge is 0.138 e. The van der Waals surface area contributed by atoms with Crippen LogP contribution in [0.25, 0.3) is 11.0 Å². The van der Waals surface area contributed by atoms with Crippen LogP contribution in [-0.2, 0) is 11.2 Å². The molecule has 0 spiro atoms. The maximum Gasteiger partial charge on any atom is 0.138 e. The molecular formula is C13H12O2. The molecule has 1 aromatic heterocycles. The summed E-state index contributed by atoms with van der Waals surface area (Å²) >= 11 is 0. The molecule has 0 fully saturated rings. The van der Waals surface area contributed by atoms with Crippen molar-refractivity contribution < 1.29 is 9.21 Å². The van der Waals surface area contributed by atoms with Crippen LogP contribution in [0.5, 0.6) is 0 Å². The normalized spacial score (nSPS) is 20.6. The highest BCUT2D eigenvalue weighted by molar-refractivity contribution is 5.92. The minimum atomic E-state index is 0.230. The zero-order valence-corrected chi connectivity index (χ0v) is 8.62. The Labute approximate surface area is 87.9 Å². The van der Waals surface area contributed by atoms with Crippen LogP contribution >= 0.6 is 0 Å². The highest BCUT2D eigenvalue weighted by Gasteiger charge is 2.27. The molecule has 0 amide bonds. The van der Waals surface area contributed by atoms with Crippen molar-refractivity contribution in [3.05, 3.63) is 35.6 Å². The average molecular weight is 200 g/mol. The van der Waals surface area contributed by atoms with Crippen LogP contribution in [0.4, 0.5) is 0 Å². The van der Waals surface area contributed by atoms with E-state index in [2.05, 4.69) is 6.92 Å². The summed E-state index contributed by atoms with van der Waals surface area (Å²) in [6.07, 6.45) is 1.16. The molecule has 0 aliphatic heterocycles. The summed E-state index contributed by atoms with van der Waals surface area (Å²) in [5, 5.41) is 1.10. The van der Waals surface area contributed by atoms with Crippen molar-refractivity contribution in [2.24, 2.45) is 0 Å². The molecule has 1 heterocycles. The number of fused-ring (bicyclic) bond motifs is 3. The lowest BCUT2D eigenvalue weighted by Crippen LogP contribution is -2.14. The molecular weight excluding hydrogens is 188 g/mol. The second kappa shape index (κ2) is 2.96. The fraction of sp³-hybridized carbons (Fsp3) is 0.308. The van der Waals surface area contributed by atoms with Crippen molar-refractivity contribution in [2.75, 3.05) is 0 Å². The molecule has 1 atom stereocenters. The first-order valence-corrected chi connectivity index (χ1v) is 5.27. The van der Waals surface area contributed by atoms with Gasteiger partial charge in [0.25, 0.3) is 0 Å². The van der Waals surface area contributed by atoms with E-state index < -0.39 is 0 Å². The van der Waals surface area contributed by atoms with Gasteiger partial charge in [0.15, 0.2) is 0 Å². The van der Waals surface area contributed by atoms with Crippen molar-refractivity contribution in [3.63, 3.8) is 0 Å². The van der Waals surface area contributed by atoms with E-state index in [1.807, 2.05) is 24.3 Å². The van der Waals surface area contributed by atoms with Gasteiger partial charge < -0.3 is 4.42 Å². The highest BCUT2D eigenvalue weighted by atomic mass is 16.3. The van der Waals surface area contributed by atoms with Crippen molar-refractivity contribution >= 4 is 16.8 Å². The molecule has 0 bridgehead atoms. The predicted octanol–water partition coefficient (Wildman–Crippen LogP) is 3.05. The zero-order valence-electron chi connectivity index (χ0n) is 8.62. The van der Waals surface area contributed by atoms with Gasteiger partial charge >= 0.3 is 0 Å². The molecule has 2 aromatic rings. The predicted molar refractivity (Wildman–Crippen MR) is 58.0 cm³/mol. The zero-order chi connectivity index (χ0) is 10.4. The van der Waals surface area contributed by atoms with Gasteiger partial charge in [-0.05, 0) is 6.07 Å². The largest absolute Gasteiger partial charge is 0.460 e. The molecule has 1 unspecified atom stereocenters. The van der Waals surface area contributed by atoms with Crippen LogP contribution in [0.2, 0.25) is 0 Å². The SMILES string of the molecule is CC1CC(=O)Cc2c1oc1ccccc21. The molecule has 2 heteroatoms. The lowest BCUT2D eigenvalue weighted by molar-refractivity contribution is -0.119. The van der Waals surface area contributed by atoms with E-state index in [4.69, 9.17) is 4.42 Å². The molecule has 2 nitrogen and oxygen atoms in total. The van der Waals surface area contributed by atoms with Crippen LogP contribution in [0.3, 0.4) is 0 Å². The van der Waals surface area contributed by atoms with Crippen molar-refractivity contribution in [3.8, 4) is 0 Å². The number of carbonyl (C=O) groups excluding carboxylic acids is 1. The molecule has 1 aliphatic rings. The number of carbonyl (C=O) groups is 1. The quantitative estimate of drug-likeness (QED) is 0.654. The van der Waals surface area contributed by atoms with E-state index >= 15 is 0 Å². The Balaban J connectivity index is 2.31. The second-order valence-corrected chi connectivity index (χ2v) is 4.26. The van der Waals surface area contributed by atoms with E-state index in [1.165, 1.54) is 0 Å². The maximum atomic E-state index is 11.5. The molecule has 0 saturated carbocycles. The van der Waals surface area contributed by atoms with Gasteiger partial charge in [0.05, 0.1) is 0 Å². The van der Waals surface area contributed by atoms with Gasteiger partial charge in [0, 0.05) is 29.7 Å². The third-order valence-electron chi connectivity index (χ3n) is 3.08. The van der Waals surface area contributed by atoms with Crippen LogP contribution in [-0.4, -0.2) is 5.78 Å². The number of benzene rings is 1. The van der Waals surface area contributed by atoms with Gasteiger partial charge in [-0.2, -0.15) is 0 Å². The van der Waals surface area contributed by atoms with Gasteiger partial charge in [0.2, 0.25) is 0 Å². The summed E-state index contributed by atoms with van der Waals surface area (Å²) in [5.74, 6) is 1.56. The monoisotopic (exact) mass is 200 g/mol. The van der Waals surface area contributed by atoms with E-state index in [0.29, 0.717) is 18.6 Å². The van der Waals surface area contributed by atoms with Crippen LogP contribution in [0, 0.1) is 0 Å². The van der Waals surface area contributed by atoms with Crippen LogP contribution < -0.4 is 0 Å². The number of furan rings is 1. The lowest BCUT2D eigenvalue weighted by atomic mass is 9.88. The number of rotatable bonds is 0. The summed E-state index contributed by atoms with van der Waals surface area (Å²) in [6, 6.07) is 7.94. The van der Waals surface area contributed by atoms with Gasteiger partial charge in [-0.1, -0.05) is 25.1 Å². The van der Waals surface area contributed by atoms with E-state index in [9.17, 15) is 4.79 Å². The van der Waals surface area contributed by atoms with Crippen molar-refractivity contribution in [1.82, 2.24) is 0 Å². The summed E-state index contributed by atoms with van der Waals surface area (Å²) in [4.78, 5) is 11.5. The molecule has 0 saturated heterocycles. The maximum absolute atomic E-state index is 11.5. The Morgan fingerprint density at radius 2 is 2.13 bits per heavy atom. The lowest BCUT2D eigenvalue weighted by Gasteiger charge is -2.15. The van der Waals surface area contributed by atoms with Gasteiger partial charge in [-0.3, -0.25) is 4.79 Å². The van der Waals surface area contributed by atoms with Gasteiger partial charge in [-0.15, -0.1) is 0 Å². The molecule has 1 aromatic carbocycles. The first-order chi connectivity index (χ1) is 7.25. The van der Waals surface area contributed by atoms with Crippen LogP contribution in [0.15, 0.2) is 28.7 Å². The molecule has 1 aliphatic carbocycles. The second-order valence-electron chi connectivity index (χ2n) is 4.26. The molecule has 15 heavy (non-hydrogen) atoms. The first-order valence-electron chi connectivity index (χ1n) is 5.27. The Hall–Kier alpha value is -1.57. The third kappa shape index (κ3) is 1.21. The van der Waals surface area contributed by atoms with E-state index in [0.717, 1.165) is 22.3 Å². The molecule has 0 N–H and O–H groups in total. The number of ketones is 1. The summed E-state index contributed by atoms with van der Waals surface area (Å²) in [7, 11) is 0. The van der Waals surface area contributed by atoms with E-state index in [-0.39, 0.29) is 5.92 Å². The Morgan fingerprint density at radius 1 is 1.33 bits per heavy atom. The third-order valence-corrected chi connectivity index (χ3v) is 3.08. The molecule has 76 valence electrons. The fourth-order valence-electron chi connectivity index (χ4n) is 2.40.